The second-order valence-corrected chi connectivity index (χ2v) is 6.12. The molecular weight excluding hydrogens is 306 g/mol. The van der Waals surface area contributed by atoms with Gasteiger partial charge in [0.25, 0.3) is 0 Å². The lowest BCUT2D eigenvalue weighted by molar-refractivity contribution is 0.948. The average molecular weight is 321 g/mol. The van der Waals surface area contributed by atoms with Gasteiger partial charge in [-0.3, -0.25) is 4.98 Å². The lowest BCUT2D eigenvalue weighted by Gasteiger charge is -2.01. The molecule has 0 unspecified atom stereocenters. The van der Waals surface area contributed by atoms with Crippen LogP contribution in [-0.4, -0.2) is 26.1 Å². The maximum Gasteiger partial charge on any atom is 0.214 e. The van der Waals surface area contributed by atoms with Crippen LogP contribution in [0.25, 0.3) is 16.2 Å². The molecule has 0 atom stereocenters. The molecule has 6 heteroatoms. The Morgan fingerprint density at radius 3 is 2.78 bits per heavy atom. The van der Waals surface area contributed by atoms with Gasteiger partial charge in [0, 0.05) is 24.5 Å². The Morgan fingerprint density at radius 1 is 1.09 bits per heavy atom. The maximum atomic E-state index is 4.61. The molecule has 0 saturated heterocycles. The zero-order chi connectivity index (χ0) is 15.5. The summed E-state index contributed by atoms with van der Waals surface area (Å²) in [5, 5.41) is 8.78. The van der Waals surface area contributed by atoms with Gasteiger partial charge < -0.3 is 5.32 Å². The summed E-state index contributed by atoms with van der Waals surface area (Å²) >= 11 is 1.56. The van der Waals surface area contributed by atoms with Crippen molar-refractivity contribution in [3.05, 3.63) is 66.6 Å². The van der Waals surface area contributed by atoms with E-state index >= 15 is 0 Å². The summed E-state index contributed by atoms with van der Waals surface area (Å²) in [6.07, 6.45) is 6.48. The van der Waals surface area contributed by atoms with Crippen molar-refractivity contribution in [2.75, 3.05) is 11.9 Å². The van der Waals surface area contributed by atoms with Gasteiger partial charge in [-0.2, -0.15) is 0 Å². The number of pyridine rings is 1. The zero-order valence-electron chi connectivity index (χ0n) is 12.4. The third-order valence-corrected chi connectivity index (χ3v) is 4.41. The fraction of sp³-hybridized carbons (Fsp3) is 0.118. The standard InChI is InChI=1S/C17H15N5S/c1-2-5-13(6-3-1)8-10-19-16-21-22-12-15(20-17(22)23-16)14-7-4-9-18-11-14/h1-7,9,11-12H,8,10H2,(H,19,21). The fourth-order valence-corrected chi connectivity index (χ4v) is 3.19. The third kappa shape index (κ3) is 3.07. The second-order valence-electron chi connectivity index (χ2n) is 5.16. The van der Waals surface area contributed by atoms with Crippen LogP contribution >= 0.6 is 11.3 Å². The largest absolute Gasteiger partial charge is 0.360 e. The van der Waals surface area contributed by atoms with Crippen LogP contribution < -0.4 is 5.32 Å². The van der Waals surface area contributed by atoms with E-state index in [0.29, 0.717) is 0 Å². The number of fused-ring (bicyclic) bond motifs is 1. The van der Waals surface area contributed by atoms with Crippen molar-refractivity contribution >= 4 is 21.4 Å². The monoisotopic (exact) mass is 321 g/mol. The van der Waals surface area contributed by atoms with Crippen LogP contribution in [0.3, 0.4) is 0 Å². The summed E-state index contributed by atoms with van der Waals surface area (Å²) in [4.78, 5) is 9.61. The Hall–Kier alpha value is -2.73. The summed E-state index contributed by atoms with van der Waals surface area (Å²) in [5.41, 5.74) is 3.22. The molecule has 0 aliphatic heterocycles. The molecule has 3 aromatic heterocycles. The number of benzene rings is 1. The van der Waals surface area contributed by atoms with Gasteiger partial charge in [-0.15, -0.1) is 5.10 Å². The highest BCUT2D eigenvalue weighted by molar-refractivity contribution is 7.20. The van der Waals surface area contributed by atoms with Crippen molar-refractivity contribution in [1.29, 1.82) is 0 Å². The first-order valence-electron chi connectivity index (χ1n) is 7.43. The van der Waals surface area contributed by atoms with Crippen LogP contribution in [0.15, 0.2) is 61.1 Å². The van der Waals surface area contributed by atoms with Crippen LogP contribution in [0.1, 0.15) is 5.56 Å². The number of nitrogens with zero attached hydrogens (tertiary/aromatic N) is 4. The SMILES string of the molecule is c1ccc(CCNc2nn3cc(-c4cccnc4)nc3s2)cc1. The third-order valence-electron chi connectivity index (χ3n) is 3.53. The van der Waals surface area contributed by atoms with E-state index in [2.05, 4.69) is 44.6 Å². The van der Waals surface area contributed by atoms with Crippen molar-refractivity contribution in [2.24, 2.45) is 0 Å². The lowest BCUT2D eigenvalue weighted by Crippen LogP contribution is -2.04. The summed E-state index contributed by atoms with van der Waals surface area (Å²) in [6.45, 7) is 0.857. The highest BCUT2D eigenvalue weighted by Crippen LogP contribution is 2.23. The smallest absolute Gasteiger partial charge is 0.214 e. The topological polar surface area (TPSA) is 55.1 Å². The van der Waals surface area contributed by atoms with E-state index in [1.807, 2.05) is 35.1 Å². The number of anilines is 1. The van der Waals surface area contributed by atoms with Crippen molar-refractivity contribution < 1.29 is 0 Å². The van der Waals surface area contributed by atoms with Crippen LogP contribution in [0.4, 0.5) is 5.13 Å². The van der Waals surface area contributed by atoms with Crippen LogP contribution in [0.5, 0.6) is 0 Å². The Kier molecular flexibility index (Phi) is 3.73. The number of hydrogen-bond donors (Lipinski definition) is 1. The van der Waals surface area contributed by atoms with Gasteiger partial charge in [0.1, 0.15) is 0 Å². The number of nitrogens with one attached hydrogen (secondary N) is 1. The summed E-state index contributed by atoms with van der Waals surface area (Å²) < 4.78 is 1.82. The molecule has 0 aliphatic rings. The fourth-order valence-electron chi connectivity index (χ4n) is 2.38. The summed E-state index contributed by atoms with van der Waals surface area (Å²) in [7, 11) is 0. The van der Waals surface area contributed by atoms with E-state index in [4.69, 9.17) is 0 Å². The molecule has 1 aromatic carbocycles. The molecule has 4 rings (SSSR count). The van der Waals surface area contributed by atoms with Gasteiger partial charge in [-0.05, 0) is 24.1 Å². The first-order chi connectivity index (χ1) is 11.4. The molecular formula is C17H15N5S. The molecule has 114 valence electrons. The predicted molar refractivity (Wildman–Crippen MR) is 92.7 cm³/mol. The predicted octanol–water partition coefficient (Wildman–Crippen LogP) is 3.51. The zero-order valence-corrected chi connectivity index (χ0v) is 13.2. The highest BCUT2D eigenvalue weighted by Gasteiger charge is 2.09. The molecule has 0 bridgehead atoms. The number of imidazole rings is 1. The Morgan fingerprint density at radius 2 is 2.00 bits per heavy atom. The van der Waals surface area contributed by atoms with E-state index in [1.165, 1.54) is 5.56 Å². The Labute approximate surface area is 137 Å². The molecule has 0 spiro atoms. The molecule has 1 N–H and O–H groups in total. The summed E-state index contributed by atoms with van der Waals surface area (Å²) in [6, 6.07) is 14.3. The van der Waals surface area contributed by atoms with E-state index in [9.17, 15) is 0 Å². The van der Waals surface area contributed by atoms with Crippen molar-refractivity contribution in [3.63, 3.8) is 0 Å². The van der Waals surface area contributed by atoms with Crippen molar-refractivity contribution in [2.45, 2.75) is 6.42 Å². The van der Waals surface area contributed by atoms with Crippen LogP contribution in [0, 0.1) is 0 Å². The minimum absolute atomic E-state index is 0.857. The minimum atomic E-state index is 0.857. The molecule has 0 aliphatic carbocycles. The lowest BCUT2D eigenvalue weighted by atomic mass is 10.2. The number of hydrogen-bond acceptors (Lipinski definition) is 5. The van der Waals surface area contributed by atoms with Crippen molar-refractivity contribution in [3.8, 4) is 11.3 Å². The molecule has 0 radical (unpaired) electrons. The first-order valence-corrected chi connectivity index (χ1v) is 8.24. The normalized spacial score (nSPS) is 11.0. The van der Waals surface area contributed by atoms with Crippen molar-refractivity contribution in [1.82, 2.24) is 19.6 Å². The summed E-state index contributed by atoms with van der Waals surface area (Å²) in [5.74, 6) is 0. The molecule has 3 heterocycles. The molecule has 4 aromatic rings. The number of aromatic nitrogens is 4. The van der Waals surface area contributed by atoms with E-state index in [-0.39, 0.29) is 0 Å². The number of rotatable bonds is 5. The van der Waals surface area contributed by atoms with Gasteiger partial charge in [-0.25, -0.2) is 9.50 Å². The average Bonchev–Trinajstić information content (AvgIpc) is 3.15. The van der Waals surface area contributed by atoms with E-state index in [0.717, 1.165) is 34.3 Å². The molecule has 23 heavy (non-hydrogen) atoms. The minimum Gasteiger partial charge on any atom is -0.360 e. The second kappa shape index (κ2) is 6.18. The maximum absolute atomic E-state index is 4.61. The van der Waals surface area contributed by atoms with Gasteiger partial charge in [0.05, 0.1) is 11.9 Å². The highest BCUT2D eigenvalue weighted by atomic mass is 32.1. The molecule has 0 saturated carbocycles. The van der Waals surface area contributed by atoms with Crippen LogP contribution in [-0.2, 0) is 6.42 Å². The quantitative estimate of drug-likeness (QED) is 0.611. The molecule has 0 amide bonds. The van der Waals surface area contributed by atoms with Gasteiger partial charge in [0.2, 0.25) is 10.1 Å². The Bertz CT molecular complexity index is 867. The molecule has 5 nitrogen and oxygen atoms in total. The van der Waals surface area contributed by atoms with Gasteiger partial charge in [0.15, 0.2) is 0 Å². The van der Waals surface area contributed by atoms with Gasteiger partial charge >= 0.3 is 0 Å². The van der Waals surface area contributed by atoms with E-state index in [1.54, 1.807) is 17.5 Å². The Balaban J connectivity index is 1.44. The van der Waals surface area contributed by atoms with Crippen LogP contribution in [0.2, 0.25) is 0 Å². The van der Waals surface area contributed by atoms with E-state index < -0.39 is 0 Å². The first kappa shape index (κ1) is 13.9. The molecule has 0 fully saturated rings. The van der Waals surface area contributed by atoms with Gasteiger partial charge in [-0.1, -0.05) is 41.7 Å².